The maximum atomic E-state index is 12.0. The van der Waals surface area contributed by atoms with Gasteiger partial charge in [0.05, 0.1) is 6.54 Å². The maximum Gasteiger partial charge on any atom is 0.329 e. The van der Waals surface area contributed by atoms with Gasteiger partial charge in [0.15, 0.2) is 0 Å². The van der Waals surface area contributed by atoms with E-state index in [4.69, 9.17) is 5.11 Å². The minimum atomic E-state index is -1.18. The van der Waals surface area contributed by atoms with E-state index in [0.717, 1.165) is 0 Å². The van der Waals surface area contributed by atoms with Crippen molar-refractivity contribution in [2.24, 2.45) is 0 Å². The highest BCUT2D eigenvalue weighted by atomic mass is 16.4. The molecule has 0 aliphatic heterocycles. The fourth-order valence-corrected chi connectivity index (χ4v) is 1.44. The number of carbonyl (C=O) groups is 2. The van der Waals surface area contributed by atoms with Crippen molar-refractivity contribution < 1.29 is 14.7 Å². The molecule has 5 heteroatoms. The van der Waals surface area contributed by atoms with Gasteiger partial charge in [-0.15, -0.1) is 0 Å². The number of hydrogen-bond donors (Lipinski definition) is 2. The van der Waals surface area contributed by atoms with E-state index in [-0.39, 0.29) is 18.0 Å². The second-order valence-corrected chi connectivity index (χ2v) is 5.61. The van der Waals surface area contributed by atoms with Gasteiger partial charge in [0.2, 0.25) is 5.91 Å². The predicted octanol–water partition coefficient (Wildman–Crippen LogP) is 1.09. The van der Waals surface area contributed by atoms with Crippen LogP contribution in [0.3, 0.4) is 0 Å². The van der Waals surface area contributed by atoms with Crippen LogP contribution in [0.15, 0.2) is 0 Å². The van der Waals surface area contributed by atoms with Gasteiger partial charge in [-0.3, -0.25) is 4.79 Å². The van der Waals surface area contributed by atoms with Crippen molar-refractivity contribution in [1.29, 1.82) is 0 Å². The second-order valence-electron chi connectivity index (χ2n) is 5.61. The number of likely N-dealkylation sites (N-methyl/N-ethyl adjacent to an activating group) is 1. The van der Waals surface area contributed by atoms with Crippen LogP contribution in [-0.2, 0) is 9.59 Å². The molecule has 1 amide bonds. The highest BCUT2D eigenvalue weighted by Crippen LogP contribution is 2.14. The molecule has 0 saturated heterocycles. The standard InChI is InChI=1S/C12H24N2O3/c1-7-14(12(5,6)10(16)17)9(15)8-13-11(2,3)4/h13H,7-8H2,1-6H3,(H,16,17). The zero-order chi connectivity index (χ0) is 13.9. The number of rotatable bonds is 5. The van der Waals surface area contributed by atoms with Crippen LogP contribution in [-0.4, -0.2) is 46.1 Å². The summed E-state index contributed by atoms with van der Waals surface area (Å²) in [5.74, 6) is -1.20. The molecule has 0 heterocycles. The Balaban J connectivity index is 4.68. The van der Waals surface area contributed by atoms with E-state index >= 15 is 0 Å². The van der Waals surface area contributed by atoms with Crippen molar-refractivity contribution in [3.8, 4) is 0 Å². The number of carboxylic acids is 1. The molecule has 5 nitrogen and oxygen atoms in total. The lowest BCUT2D eigenvalue weighted by Crippen LogP contribution is -2.56. The van der Waals surface area contributed by atoms with Crippen molar-refractivity contribution in [3.05, 3.63) is 0 Å². The quantitative estimate of drug-likeness (QED) is 0.759. The van der Waals surface area contributed by atoms with Crippen LogP contribution in [0.5, 0.6) is 0 Å². The Hall–Kier alpha value is -1.10. The van der Waals surface area contributed by atoms with E-state index < -0.39 is 11.5 Å². The first-order valence-corrected chi connectivity index (χ1v) is 5.81. The topological polar surface area (TPSA) is 69.6 Å². The average Bonchev–Trinajstić information content (AvgIpc) is 2.14. The lowest BCUT2D eigenvalue weighted by atomic mass is 10.0. The third-order valence-corrected chi connectivity index (χ3v) is 2.59. The second kappa shape index (κ2) is 5.49. The van der Waals surface area contributed by atoms with Crippen LogP contribution in [0.4, 0.5) is 0 Å². The molecule has 0 atom stereocenters. The third kappa shape index (κ3) is 4.73. The summed E-state index contributed by atoms with van der Waals surface area (Å²) in [5.41, 5.74) is -1.34. The monoisotopic (exact) mass is 244 g/mol. The molecule has 0 rings (SSSR count). The number of amides is 1. The molecule has 0 aliphatic carbocycles. The molecular formula is C12H24N2O3. The van der Waals surface area contributed by atoms with Crippen molar-refractivity contribution in [2.45, 2.75) is 52.6 Å². The Bertz CT molecular complexity index is 293. The number of carbonyl (C=O) groups excluding carboxylic acids is 1. The van der Waals surface area contributed by atoms with Gasteiger partial charge in [-0.1, -0.05) is 0 Å². The molecule has 0 aliphatic rings. The molecule has 0 radical (unpaired) electrons. The lowest BCUT2D eigenvalue weighted by Gasteiger charge is -2.35. The molecule has 0 unspecified atom stereocenters. The fraction of sp³-hybridized carbons (Fsp3) is 0.833. The minimum Gasteiger partial charge on any atom is -0.480 e. The van der Waals surface area contributed by atoms with E-state index in [2.05, 4.69) is 5.32 Å². The third-order valence-electron chi connectivity index (χ3n) is 2.59. The first-order chi connectivity index (χ1) is 7.52. The van der Waals surface area contributed by atoms with Crippen LogP contribution < -0.4 is 5.32 Å². The number of nitrogens with zero attached hydrogens (tertiary/aromatic N) is 1. The van der Waals surface area contributed by atoms with Crippen LogP contribution in [0.2, 0.25) is 0 Å². The summed E-state index contributed by atoms with van der Waals surface area (Å²) < 4.78 is 0. The van der Waals surface area contributed by atoms with E-state index in [0.29, 0.717) is 6.54 Å². The van der Waals surface area contributed by atoms with Gasteiger partial charge in [0.25, 0.3) is 0 Å². The Morgan fingerprint density at radius 1 is 1.18 bits per heavy atom. The van der Waals surface area contributed by atoms with Crippen molar-refractivity contribution >= 4 is 11.9 Å². The summed E-state index contributed by atoms with van der Waals surface area (Å²) in [4.78, 5) is 24.5. The summed E-state index contributed by atoms with van der Waals surface area (Å²) in [6, 6.07) is 0. The summed E-state index contributed by atoms with van der Waals surface area (Å²) in [6.07, 6.45) is 0. The fourth-order valence-electron chi connectivity index (χ4n) is 1.44. The molecule has 100 valence electrons. The molecule has 0 aromatic carbocycles. The highest BCUT2D eigenvalue weighted by Gasteiger charge is 2.36. The van der Waals surface area contributed by atoms with Gasteiger partial charge in [0, 0.05) is 12.1 Å². The van der Waals surface area contributed by atoms with Crippen molar-refractivity contribution in [2.75, 3.05) is 13.1 Å². The van der Waals surface area contributed by atoms with Crippen molar-refractivity contribution in [1.82, 2.24) is 10.2 Å². The van der Waals surface area contributed by atoms with E-state index in [1.165, 1.54) is 18.7 Å². The lowest BCUT2D eigenvalue weighted by molar-refractivity contribution is -0.156. The van der Waals surface area contributed by atoms with Gasteiger partial charge in [-0.25, -0.2) is 4.79 Å². The van der Waals surface area contributed by atoms with Crippen LogP contribution in [0, 0.1) is 0 Å². The molecule has 0 aromatic heterocycles. The van der Waals surface area contributed by atoms with Crippen LogP contribution >= 0.6 is 0 Å². The highest BCUT2D eigenvalue weighted by molar-refractivity contribution is 5.87. The average molecular weight is 244 g/mol. The molecule has 0 bridgehead atoms. The molecular weight excluding hydrogens is 220 g/mol. The predicted molar refractivity (Wildman–Crippen MR) is 66.9 cm³/mol. The van der Waals surface area contributed by atoms with E-state index in [1.54, 1.807) is 6.92 Å². The normalized spacial score (nSPS) is 12.4. The molecule has 0 aromatic rings. The van der Waals surface area contributed by atoms with E-state index in [9.17, 15) is 9.59 Å². The molecule has 2 N–H and O–H groups in total. The van der Waals surface area contributed by atoms with Gasteiger partial charge in [-0.05, 0) is 41.5 Å². The largest absolute Gasteiger partial charge is 0.480 e. The minimum absolute atomic E-state index is 0.147. The number of aliphatic carboxylic acids is 1. The van der Waals surface area contributed by atoms with Gasteiger partial charge in [-0.2, -0.15) is 0 Å². The Labute approximate surface area is 103 Å². The Morgan fingerprint density at radius 3 is 1.94 bits per heavy atom. The summed E-state index contributed by atoms with van der Waals surface area (Å²) in [7, 11) is 0. The maximum absolute atomic E-state index is 12.0. The first kappa shape index (κ1) is 15.9. The zero-order valence-corrected chi connectivity index (χ0v) is 11.6. The van der Waals surface area contributed by atoms with Crippen LogP contribution in [0.1, 0.15) is 41.5 Å². The van der Waals surface area contributed by atoms with Crippen LogP contribution in [0.25, 0.3) is 0 Å². The van der Waals surface area contributed by atoms with Gasteiger partial charge < -0.3 is 15.3 Å². The Kier molecular flexibility index (Phi) is 5.13. The molecule has 0 fully saturated rings. The first-order valence-electron chi connectivity index (χ1n) is 5.81. The summed E-state index contributed by atoms with van der Waals surface area (Å²) >= 11 is 0. The smallest absolute Gasteiger partial charge is 0.329 e. The van der Waals surface area contributed by atoms with Crippen molar-refractivity contribution in [3.63, 3.8) is 0 Å². The SMILES string of the molecule is CCN(C(=O)CNC(C)(C)C)C(C)(C)C(=O)O. The summed E-state index contributed by atoms with van der Waals surface area (Å²) in [5, 5.41) is 12.2. The number of hydrogen-bond acceptors (Lipinski definition) is 3. The Morgan fingerprint density at radius 2 is 1.65 bits per heavy atom. The molecule has 17 heavy (non-hydrogen) atoms. The van der Waals surface area contributed by atoms with Gasteiger partial charge in [0.1, 0.15) is 5.54 Å². The molecule has 0 saturated carbocycles. The zero-order valence-electron chi connectivity index (χ0n) is 11.6. The molecule has 0 spiro atoms. The van der Waals surface area contributed by atoms with Gasteiger partial charge >= 0.3 is 5.97 Å². The summed E-state index contributed by atoms with van der Waals surface area (Å²) in [6.45, 7) is 11.2. The number of nitrogens with one attached hydrogen (secondary N) is 1. The number of carboxylic acid groups (broad SMARTS) is 1. The van der Waals surface area contributed by atoms with E-state index in [1.807, 2.05) is 20.8 Å².